The van der Waals surface area contributed by atoms with Crippen molar-refractivity contribution in [1.82, 2.24) is 5.32 Å². The molecule has 0 rings (SSSR count). The first-order chi connectivity index (χ1) is 31.0. The van der Waals surface area contributed by atoms with Crippen LogP contribution in [0.2, 0.25) is 0 Å². The summed E-state index contributed by atoms with van der Waals surface area (Å²) in [4.78, 5) is 25.3. The van der Waals surface area contributed by atoms with Crippen LogP contribution < -0.4 is 10.2 Å². The Morgan fingerprint density at radius 3 is 1.45 bits per heavy atom. The van der Waals surface area contributed by atoms with Crippen LogP contribution in [0, 0.1) is 0 Å². The summed E-state index contributed by atoms with van der Waals surface area (Å²) in [5.41, 5.74) is 0. The van der Waals surface area contributed by atoms with Gasteiger partial charge < -0.3 is 28.8 Å². The molecule has 0 spiro atoms. The van der Waals surface area contributed by atoms with Crippen LogP contribution in [0.15, 0.2) is 109 Å². The number of phosphoric acid groups is 1. The van der Waals surface area contributed by atoms with E-state index in [-0.39, 0.29) is 12.5 Å². The van der Waals surface area contributed by atoms with Crippen LogP contribution in [-0.4, -0.2) is 68.5 Å². The van der Waals surface area contributed by atoms with E-state index >= 15 is 0 Å². The SMILES string of the molecule is C/C=C/CC/C=C/CC/C=C/C(O)C(COP(=O)([O-])OCC[N+](C)(C)C)NC(=O)CCCCCCCCCCCCCCCC/C=C\C/C=C\C/C=C\C/C=C\C/C=C\C/C=C\CC. The Labute approximate surface area is 393 Å². The summed E-state index contributed by atoms with van der Waals surface area (Å²) < 4.78 is 23.1. The third-order valence-corrected chi connectivity index (χ3v) is 11.5. The number of amides is 1. The van der Waals surface area contributed by atoms with Crippen LogP contribution in [-0.2, 0) is 18.4 Å². The molecule has 0 saturated heterocycles. The van der Waals surface area contributed by atoms with Crippen molar-refractivity contribution in [3.05, 3.63) is 109 Å². The largest absolute Gasteiger partial charge is 0.756 e. The summed E-state index contributed by atoms with van der Waals surface area (Å²) in [6, 6.07) is -0.914. The number of hydrogen-bond acceptors (Lipinski definition) is 6. The molecule has 0 aromatic rings. The fraction of sp³-hybridized carbons (Fsp3) is 0.655. The predicted octanol–water partition coefficient (Wildman–Crippen LogP) is 14.2. The van der Waals surface area contributed by atoms with E-state index in [1.54, 1.807) is 6.08 Å². The van der Waals surface area contributed by atoms with E-state index in [9.17, 15) is 19.4 Å². The van der Waals surface area contributed by atoms with E-state index in [4.69, 9.17) is 9.05 Å². The summed E-state index contributed by atoms with van der Waals surface area (Å²) in [6.07, 6.45) is 66.2. The number of phosphoric ester groups is 1. The molecule has 0 aliphatic carbocycles. The molecule has 0 heterocycles. The average Bonchev–Trinajstić information content (AvgIpc) is 3.25. The number of aliphatic hydroxyl groups is 1. The number of hydrogen-bond donors (Lipinski definition) is 2. The highest BCUT2D eigenvalue weighted by molar-refractivity contribution is 7.45. The van der Waals surface area contributed by atoms with E-state index in [1.165, 1.54) is 77.0 Å². The van der Waals surface area contributed by atoms with Gasteiger partial charge in [0.05, 0.1) is 39.9 Å². The van der Waals surface area contributed by atoms with Crippen molar-refractivity contribution in [2.24, 2.45) is 0 Å². The molecule has 0 aromatic carbocycles. The van der Waals surface area contributed by atoms with Crippen LogP contribution in [0.5, 0.6) is 0 Å². The van der Waals surface area contributed by atoms with Crippen LogP contribution in [0.1, 0.15) is 181 Å². The average molecular weight is 911 g/mol. The number of aliphatic hydroxyl groups excluding tert-OH is 1. The highest BCUT2D eigenvalue weighted by atomic mass is 31.2. The van der Waals surface area contributed by atoms with Crippen molar-refractivity contribution in [3.63, 3.8) is 0 Å². The second-order valence-electron chi connectivity index (χ2n) is 17.8. The van der Waals surface area contributed by atoms with Crippen LogP contribution in [0.4, 0.5) is 0 Å². The number of allylic oxidation sites excluding steroid dienone is 17. The van der Waals surface area contributed by atoms with Gasteiger partial charge in [0.25, 0.3) is 7.82 Å². The molecule has 3 unspecified atom stereocenters. The monoisotopic (exact) mass is 911 g/mol. The number of carbonyl (C=O) groups is 1. The molecule has 0 bridgehead atoms. The number of nitrogens with one attached hydrogen (secondary N) is 1. The van der Waals surface area contributed by atoms with Crippen molar-refractivity contribution in [2.45, 2.75) is 193 Å². The number of likely N-dealkylation sites (N-methyl/N-ethyl adjacent to an activating group) is 1. The molecule has 3 atom stereocenters. The first-order valence-electron chi connectivity index (χ1n) is 25.2. The Morgan fingerprint density at radius 2 is 0.984 bits per heavy atom. The first-order valence-corrected chi connectivity index (χ1v) is 26.7. The van der Waals surface area contributed by atoms with Gasteiger partial charge in [-0.25, -0.2) is 0 Å². The third kappa shape index (κ3) is 47.1. The van der Waals surface area contributed by atoms with Gasteiger partial charge in [-0.2, -0.15) is 0 Å². The lowest BCUT2D eigenvalue weighted by atomic mass is 10.0. The normalized spacial score (nSPS) is 15.0. The number of unbranched alkanes of at least 4 members (excludes halogenated alkanes) is 16. The molecule has 0 aliphatic heterocycles. The quantitative estimate of drug-likeness (QED) is 0.0273. The van der Waals surface area contributed by atoms with Crippen LogP contribution in [0.25, 0.3) is 0 Å². The fourth-order valence-electron chi connectivity index (χ4n) is 6.61. The first kappa shape index (κ1) is 61.2. The van der Waals surface area contributed by atoms with Gasteiger partial charge in [-0.1, -0.05) is 193 Å². The smallest absolute Gasteiger partial charge is 0.268 e. The lowest BCUT2D eigenvalue weighted by Gasteiger charge is -2.29. The number of rotatable bonds is 44. The molecule has 9 heteroatoms. The molecule has 0 saturated carbocycles. The maximum atomic E-state index is 12.9. The van der Waals surface area contributed by atoms with E-state index in [2.05, 4.69) is 103 Å². The Hall–Kier alpha value is -2.84. The van der Waals surface area contributed by atoms with E-state index in [0.29, 0.717) is 17.4 Å². The minimum absolute atomic E-state index is 0.0141. The Balaban J connectivity index is 4.05. The second-order valence-corrected chi connectivity index (χ2v) is 19.2. The highest BCUT2D eigenvalue weighted by Crippen LogP contribution is 2.38. The van der Waals surface area contributed by atoms with Crippen molar-refractivity contribution in [2.75, 3.05) is 40.9 Å². The molecule has 2 N–H and O–H groups in total. The molecule has 0 fully saturated rings. The third-order valence-electron chi connectivity index (χ3n) is 10.5. The molecular formula is C55H95N2O6P. The van der Waals surface area contributed by atoms with Gasteiger partial charge in [-0.3, -0.25) is 9.36 Å². The molecule has 366 valence electrons. The lowest BCUT2D eigenvalue weighted by Crippen LogP contribution is -2.45. The van der Waals surface area contributed by atoms with E-state index < -0.39 is 26.6 Å². The molecule has 8 nitrogen and oxygen atoms in total. The van der Waals surface area contributed by atoms with Crippen LogP contribution in [0.3, 0.4) is 0 Å². The Kier molecular flexibility index (Phi) is 43.3. The zero-order chi connectivity index (χ0) is 47.1. The maximum Gasteiger partial charge on any atom is 0.268 e. The molecule has 0 radical (unpaired) electrons. The standard InChI is InChI=1S/C55H95N2O6P/c1-6-8-10-12-14-16-17-18-19-20-21-22-23-24-25-26-27-28-29-30-31-32-33-34-35-36-37-38-39-41-43-45-47-49-55(59)56-53(52-63-64(60,61)62-51-50-57(3,4)5)54(58)48-46-44-42-40-15-13-11-9-7-2/h7-10,14-16,18-19,21-22,24-25,27-28,40,46,48,53-54,58H,6,11-13,17,20,23,26,29-39,41-45,47,49-52H2,1-5H3,(H-,56,59,60,61)/b9-7+,10-8-,16-14-,19-18-,22-21-,25-24-,28-27-,40-15+,48-46+. The zero-order valence-electron chi connectivity index (χ0n) is 41.4. The molecular weight excluding hydrogens is 816 g/mol. The van der Waals surface area contributed by atoms with Gasteiger partial charge in [0.15, 0.2) is 0 Å². The minimum atomic E-state index is -4.60. The predicted molar refractivity (Wildman–Crippen MR) is 274 cm³/mol. The molecule has 0 aliphatic rings. The minimum Gasteiger partial charge on any atom is -0.756 e. The summed E-state index contributed by atoms with van der Waals surface area (Å²) in [7, 11) is 1.22. The molecule has 1 amide bonds. The van der Waals surface area contributed by atoms with E-state index in [0.717, 1.165) is 83.5 Å². The van der Waals surface area contributed by atoms with Crippen molar-refractivity contribution in [3.8, 4) is 0 Å². The van der Waals surface area contributed by atoms with Crippen molar-refractivity contribution in [1.29, 1.82) is 0 Å². The van der Waals surface area contributed by atoms with Gasteiger partial charge in [0.2, 0.25) is 5.91 Å². The van der Waals surface area contributed by atoms with Gasteiger partial charge in [-0.05, 0) is 90.4 Å². The molecule has 0 aromatic heterocycles. The summed E-state index contributed by atoms with van der Waals surface area (Å²) in [5.74, 6) is -0.221. The maximum absolute atomic E-state index is 12.9. The summed E-state index contributed by atoms with van der Waals surface area (Å²) >= 11 is 0. The molecule has 64 heavy (non-hydrogen) atoms. The number of nitrogens with zero attached hydrogens (tertiary/aromatic N) is 1. The highest BCUT2D eigenvalue weighted by Gasteiger charge is 2.23. The Morgan fingerprint density at radius 1 is 0.578 bits per heavy atom. The topological polar surface area (TPSA) is 108 Å². The number of quaternary nitrogens is 1. The lowest BCUT2D eigenvalue weighted by molar-refractivity contribution is -0.870. The van der Waals surface area contributed by atoms with Gasteiger partial charge in [0, 0.05) is 6.42 Å². The van der Waals surface area contributed by atoms with Gasteiger partial charge >= 0.3 is 0 Å². The summed E-state index contributed by atoms with van der Waals surface area (Å²) in [6.45, 7) is 4.24. The van der Waals surface area contributed by atoms with Crippen molar-refractivity contribution < 1.29 is 32.9 Å². The van der Waals surface area contributed by atoms with Crippen LogP contribution >= 0.6 is 7.82 Å². The Bertz CT molecular complexity index is 1400. The number of carbonyl (C=O) groups excluding carboxylic acids is 1. The second kappa shape index (κ2) is 45.3. The van der Waals surface area contributed by atoms with Crippen molar-refractivity contribution >= 4 is 13.7 Å². The fourth-order valence-corrected chi connectivity index (χ4v) is 7.33. The zero-order valence-corrected chi connectivity index (χ0v) is 42.3. The van der Waals surface area contributed by atoms with Gasteiger partial charge in [0.1, 0.15) is 13.2 Å². The summed E-state index contributed by atoms with van der Waals surface area (Å²) in [5, 5.41) is 13.7. The van der Waals surface area contributed by atoms with Gasteiger partial charge in [-0.15, -0.1) is 0 Å². The van der Waals surface area contributed by atoms with E-state index in [1.807, 2.05) is 40.2 Å².